The van der Waals surface area contributed by atoms with Crippen molar-refractivity contribution >= 4 is 11.0 Å². The van der Waals surface area contributed by atoms with Gasteiger partial charge in [-0.05, 0) is 20.3 Å². The average molecular weight is 246 g/mol. The van der Waals surface area contributed by atoms with Gasteiger partial charge in [-0.2, -0.15) is 0 Å². The van der Waals surface area contributed by atoms with Crippen molar-refractivity contribution in [3.05, 3.63) is 45.8 Å². The quantitative estimate of drug-likeness (QED) is 0.799. The summed E-state index contributed by atoms with van der Waals surface area (Å²) in [6.07, 6.45) is 3.62. The van der Waals surface area contributed by atoms with Crippen LogP contribution in [0.2, 0.25) is 0 Å². The van der Waals surface area contributed by atoms with Crippen LogP contribution in [-0.2, 0) is 6.42 Å². The maximum atomic E-state index is 11.7. The van der Waals surface area contributed by atoms with Gasteiger partial charge in [0, 0.05) is 17.7 Å². The van der Waals surface area contributed by atoms with Gasteiger partial charge in [0.2, 0.25) is 0 Å². The van der Waals surface area contributed by atoms with E-state index in [1.165, 1.54) is 18.4 Å². The molecule has 2 rings (SSSR count). The topological polar surface area (TPSA) is 70.7 Å². The molecule has 0 unspecified atom stereocenters. The number of aromatic hydroxyl groups is 2. The largest absolute Gasteiger partial charge is 0.507 e. The average Bonchev–Trinajstić information content (AvgIpc) is 2.27. The fourth-order valence-corrected chi connectivity index (χ4v) is 1.79. The molecule has 0 radical (unpaired) electrons. The van der Waals surface area contributed by atoms with Gasteiger partial charge in [0.05, 0.1) is 6.26 Å². The molecule has 0 bridgehead atoms. The third-order valence-electron chi connectivity index (χ3n) is 2.71. The number of benzene rings is 1. The molecule has 0 saturated heterocycles. The third kappa shape index (κ3) is 2.09. The maximum absolute atomic E-state index is 11.7. The van der Waals surface area contributed by atoms with E-state index in [9.17, 15) is 15.0 Å². The molecule has 0 atom stereocenters. The van der Waals surface area contributed by atoms with Crippen molar-refractivity contribution in [2.24, 2.45) is 0 Å². The molecule has 0 saturated carbocycles. The molecule has 1 heterocycles. The molecule has 0 aliphatic carbocycles. The number of hydrogen-bond donors (Lipinski definition) is 2. The van der Waals surface area contributed by atoms with Crippen molar-refractivity contribution in [1.82, 2.24) is 0 Å². The molecule has 0 spiro atoms. The number of phenols is 2. The number of phenolic OH excluding ortho intramolecular Hbond substituents is 2. The highest BCUT2D eigenvalue weighted by molar-refractivity contribution is 5.87. The standard InChI is InChI=1S/C14H14O4/c1-8(2)3-4-9-11(16)7-12(17)13-10(15)5-6-18-14(9)13/h3,5-7,16-17H,4H2,1-2H3. The predicted molar refractivity (Wildman–Crippen MR) is 68.9 cm³/mol. The summed E-state index contributed by atoms with van der Waals surface area (Å²) in [4.78, 5) is 11.7. The van der Waals surface area contributed by atoms with Crippen molar-refractivity contribution in [3.8, 4) is 11.5 Å². The van der Waals surface area contributed by atoms with E-state index in [1.807, 2.05) is 19.9 Å². The van der Waals surface area contributed by atoms with Gasteiger partial charge in [-0.15, -0.1) is 0 Å². The summed E-state index contributed by atoms with van der Waals surface area (Å²) < 4.78 is 5.27. The lowest BCUT2D eigenvalue weighted by Crippen LogP contribution is -2.00. The summed E-state index contributed by atoms with van der Waals surface area (Å²) in [5, 5.41) is 19.6. The van der Waals surface area contributed by atoms with E-state index in [0.29, 0.717) is 12.0 Å². The molecule has 0 amide bonds. The van der Waals surface area contributed by atoms with Gasteiger partial charge in [0.25, 0.3) is 0 Å². The van der Waals surface area contributed by atoms with E-state index < -0.39 is 0 Å². The minimum absolute atomic E-state index is 0.0770. The van der Waals surface area contributed by atoms with Gasteiger partial charge in [0.15, 0.2) is 5.43 Å². The summed E-state index contributed by atoms with van der Waals surface area (Å²) in [6.45, 7) is 3.88. The number of fused-ring (bicyclic) bond motifs is 1. The second-order valence-corrected chi connectivity index (χ2v) is 4.37. The molecule has 0 aliphatic rings. The molecule has 4 nitrogen and oxygen atoms in total. The van der Waals surface area contributed by atoms with Crippen LogP contribution in [0.3, 0.4) is 0 Å². The Morgan fingerprint density at radius 1 is 1.33 bits per heavy atom. The molecule has 4 heteroatoms. The summed E-state index contributed by atoms with van der Waals surface area (Å²) in [7, 11) is 0. The Labute approximate surface area is 104 Å². The molecule has 18 heavy (non-hydrogen) atoms. The van der Waals surface area contributed by atoms with E-state index in [-0.39, 0.29) is 27.9 Å². The van der Waals surface area contributed by atoms with Crippen molar-refractivity contribution in [2.45, 2.75) is 20.3 Å². The first-order chi connectivity index (χ1) is 8.50. The lowest BCUT2D eigenvalue weighted by molar-refractivity contribution is 0.447. The van der Waals surface area contributed by atoms with E-state index in [0.717, 1.165) is 5.57 Å². The molecular weight excluding hydrogens is 232 g/mol. The SMILES string of the molecule is CC(C)=CCc1c(O)cc(O)c2c(=O)ccoc12. The second-order valence-electron chi connectivity index (χ2n) is 4.37. The number of rotatable bonds is 2. The molecular formula is C14H14O4. The molecule has 2 aromatic rings. The lowest BCUT2D eigenvalue weighted by Gasteiger charge is -2.07. The molecule has 0 fully saturated rings. The van der Waals surface area contributed by atoms with Gasteiger partial charge >= 0.3 is 0 Å². The Morgan fingerprint density at radius 2 is 2.06 bits per heavy atom. The van der Waals surface area contributed by atoms with Gasteiger partial charge in [-0.25, -0.2) is 0 Å². The Kier molecular flexibility index (Phi) is 3.10. The van der Waals surface area contributed by atoms with Crippen LogP contribution in [0, 0.1) is 0 Å². The summed E-state index contributed by atoms with van der Waals surface area (Å²) >= 11 is 0. The van der Waals surface area contributed by atoms with Crippen LogP contribution in [0.4, 0.5) is 0 Å². The molecule has 94 valence electrons. The molecule has 2 N–H and O–H groups in total. The summed E-state index contributed by atoms with van der Waals surface area (Å²) in [6, 6.07) is 2.41. The van der Waals surface area contributed by atoms with Crippen LogP contribution < -0.4 is 5.43 Å². The smallest absolute Gasteiger partial charge is 0.196 e. The summed E-state index contributed by atoms with van der Waals surface area (Å²) in [5.41, 5.74) is 1.50. The first-order valence-corrected chi connectivity index (χ1v) is 5.59. The van der Waals surface area contributed by atoms with Crippen molar-refractivity contribution < 1.29 is 14.6 Å². The minimum atomic E-state index is -0.327. The lowest BCUT2D eigenvalue weighted by atomic mass is 10.0. The van der Waals surface area contributed by atoms with Gasteiger partial charge in [-0.1, -0.05) is 11.6 Å². The first-order valence-electron chi connectivity index (χ1n) is 5.59. The predicted octanol–water partition coefficient (Wildman–Crippen LogP) is 2.71. The van der Waals surface area contributed by atoms with Crippen molar-refractivity contribution in [3.63, 3.8) is 0 Å². The van der Waals surface area contributed by atoms with Crippen LogP contribution in [0.25, 0.3) is 11.0 Å². The fraction of sp³-hybridized carbons (Fsp3) is 0.214. The highest BCUT2D eigenvalue weighted by Crippen LogP contribution is 2.33. The molecule has 1 aromatic carbocycles. The first kappa shape index (κ1) is 12.2. The highest BCUT2D eigenvalue weighted by Gasteiger charge is 2.14. The van der Waals surface area contributed by atoms with Gasteiger partial charge < -0.3 is 14.6 Å². The second kappa shape index (κ2) is 4.56. The molecule has 1 aromatic heterocycles. The van der Waals surface area contributed by atoms with Crippen LogP contribution >= 0.6 is 0 Å². The van der Waals surface area contributed by atoms with E-state index in [1.54, 1.807) is 0 Å². The number of hydrogen-bond acceptors (Lipinski definition) is 4. The monoisotopic (exact) mass is 246 g/mol. The Bertz CT molecular complexity index is 676. The zero-order chi connectivity index (χ0) is 13.3. The molecule has 0 aliphatic heterocycles. The van der Waals surface area contributed by atoms with E-state index >= 15 is 0 Å². The van der Waals surface area contributed by atoms with Crippen LogP contribution in [-0.4, -0.2) is 10.2 Å². The van der Waals surface area contributed by atoms with Crippen LogP contribution in [0.1, 0.15) is 19.4 Å². The van der Waals surface area contributed by atoms with Crippen LogP contribution in [0.5, 0.6) is 11.5 Å². The Hall–Kier alpha value is -2.23. The normalized spacial score (nSPS) is 10.6. The van der Waals surface area contributed by atoms with Gasteiger partial charge in [-0.3, -0.25) is 4.79 Å². The van der Waals surface area contributed by atoms with Crippen LogP contribution in [0.15, 0.2) is 39.3 Å². The van der Waals surface area contributed by atoms with E-state index in [2.05, 4.69) is 0 Å². The van der Waals surface area contributed by atoms with Gasteiger partial charge in [0.1, 0.15) is 22.5 Å². The number of allylic oxidation sites excluding steroid dienone is 2. The maximum Gasteiger partial charge on any atom is 0.196 e. The van der Waals surface area contributed by atoms with Crippen molar-refractivity contribution in [1.29, 1.82) is 0 Å². The van der Waals surface area contributed by atoms with Crippen molar-refractivity contribution in [2.75, 3.05) is 0 Å². The zero-order valence-corrected chi connectivity index (χ0v) is 10.2. The fourth-order valence-electron chi connectivity index (χ4n) is 1.79. The Balaban J connectivity index is 2.77. The van der Waals surface area contributed by atoms with E-state index in [4.69, 9.17) is 4.42 Å². The Morgan fingerprint density at radius 3 is 2.72 bits per heavy atom. The third-order valence-corrected chi connectivity index (χ3v) is 2.71. The highest BCUT2D eigenvalue weighted by atomic mass is 16.3. The summed E-state index contributed by atoms with van der Waals surface area (Å²) in [5.74, 6) is -0.343. The minimum Gasteiger partial charge on any atom is -0.507 e. The zero-order valence-electron chi connectivity index (χ0n) is 10.2.